The lowest BCUT2D eigenvalue weighted by atomic mass is 10.0. The average Bonchev–Trinajstić information content (AvgIpc) is 3.10. The first-order chi connectivity index (χ1) is 13.9. The molecule has 0 aliphatic rings. The van der Waals surface area contributed by atoms with Gasteiger partial charge in [0, 0.05) is 5.56 Å². The second-order valence-electron chi connectivity index (χ2n) is 7.04. The second-order valence-corrected chi connectivity index (χ2v) is 7.04. The van der Waals surface area contributed by atoms with Gasteiger partial charge in [-0.1, -0.05) is 26.0 Å². The average molecular weight is 403 g/mol. The smallest absolute Gasteiger partial charge is 0.387 e. The van der Waals surface area contributed by atoms with Gasteiger partial charge in [0.1, 0.15) is 5.82 Å². The molecular formula is C21H23F2N3O3. The standard InChI is InChI=1S/C21H23F2N3O3/c1-12(2)10-16(19-24-14-6-4-5-7-15(14)25-19)26-20(27)13-8-9-17(28-3)18(11-13)29-21(22)23/h4-9,11-12,16,21H,10H2,1-3H3,(H,24,25)(H,26,27). The Kier molecular flexibility index (Phi) is 6.31. The molecule has 8 heteroatoms. The molecule has 0 saturated carbocycles. The first-order valence-electron chi connectivity index (χ1n) is 9.25. The van der Waals surface area contributed by atoms with E-state index in [0.717, 1.165) is 11.0 Å². The number of hydrogen-bond donors (Lipinski definition) is 2. The van der Waals surface area contributed by atoms with E-state index in [9.17, 15) is 13.6 Å². The van der Waals surface area contributed by atoms with Crippen molar-refractivity contribution in [2.75, 3.05) is 7.11 Å². The van der Waals surface area contributed by atoms with Crippen LogP contribution in [-0.4, -0.2) is 29.6 Å². The van der Waals surface area contributed by atoms with Crippen molar-refractivity contribution in [1.82, 2.24) is 15.3 Å². The fourth-order valence-electron chi connectivity index (χ4n) is 3.10. The van der Waals surface area contributed by atoms with Crippen molar-refractivity contribution < 1.29 is 23.0 Å². The maximum Gasteiger partial charge on any atom is 0.387 e. The van der Waals surface area contributed by atoms with Crippen LogP contribution in [0.25, 0.3) is 11.0 Å². The summed E-state index contributed by atoms with van der Waals surface area (Å²) in [7, 11) is 1.34. The number of alkyl halides is 2. The molecule has 1 aromatic heterocycles. The molecule has 1 heterocycles. The van der Waals surface area contributed by atoms with Crippen LogP contribution in [0, 0.1) is 5.92 Å². The van der Waals surface area contributed by atoms with Crippen LogP contribution in [0.2, 0.25) is 0 Å². The van der Waals surface area contributed by atoms with Gasteiger partial charge in [0.05, 0.1) is 24.2 Å². The molecule has 2 N–H and O–H groups in total. The number of carbonyl (C=O) groups excluding carboxylic acids is 1. The van der Waals surface area contributed by atoms with Crippen molar-refractivity contribution in [1.29, 1.82) is 0 Å². The molecule has 1 amide bonds. The maximum absolute atomic E-state index is 12.8. The van der Waals surface area contributed by atoms with Crippen molar-refractivity contribution in [2.45, 2.75) is 32.9 Å². The summed E-state index contributed by atoms with van der Waals surface area (Å²) in [5.74, 6) is 0.447. The monoisotopic (exact) mass is 403 g/mol. The summed E-state index contributed by atoms with van der Waals surface area (Å²) in [4.78, 5) is 20.7. The van der Waals surface area contributed by atoms with Crippen LogP contribution < -0.4 is 14.8 Å². The Bertz CT molecular complexity index is 955. The zero-order valence-electron chi connectivity index (χ0n) is 16.4. The molecular weight excluding hydrogens is 380 g/mol. The van der Waals surface area contributed by atoms with Crippen LogP contribution in [0.4, 0.5) is 8.78 Å². The van der Waals surface area contributed by atoms with E-state index in [-0.39, 0.29) is 23.1 Å². The molecule has 0 spiro atoms. The number of aromatic amines is 1. The number of amides is 1. The third kappa shape index (κ3) is 5.01. The number of hydrogen-bond acceptors (Lipinski definition) is 4. The van der Waals surface area contributed by atoms with Crippen LogP contribution in [-0.2, 0) is 0 Å². The molecule has 3 aromatic rings. The summed E-state index contributed by atoms with van der Waals surface area (Å²) in [6, 6.07) is 11.4. The zero-order chi connectivity index (χ0) is 21.0. The molecule has 154 valence electrons. The minimum Gasteiger partial charge on any atom is -0.493 e. The number of nitrogens with one attached hydrogen (secondary N) is 2. The van der Waals surface area contributed by atoms with Gasteiger partial charge in [-0.15, -0.1) is 0 Å². The van der Waals surface area contributed by atoms with Crippen LogP contribution in [0.3, 0.4) is 0 Å². The molecule has 0 fully saturated rings. The number of nitrogens with zero attached hydrogens (tertiary/aromatic N) is 1. The van der Waals surface area contributed by atoms with E-state index in [2.05, 4.69) is 20.0 Å². The normalized spacial score (nSPS) is 12.4. The fourth-order valence-corrected chi connectivity index (χ4v) is 3.10. The lowest BCUT2D eigenvalue weighted by Gasteiger charge is -2.19. The Morgan fingerprint density at radius 3 is 2.59 bits per heavy atom. The number of rotatable bonds is 8. The predicted octanol–water partition coefficient (Wildman–Crippen LogP) is 4.69. The molecule has 29 heavy (non-hydrogen) atoms. The Labute approximate surface area is 167 Å². The van der Waals surface area contributed by atoms with Crippen molar-refractivity contribution in [3.05, 3.63) is 53.9 Å². The molecule has 2 aromatic carbocycles. The minimum atomic E-state index is -3.02. The topological polar surface area (TPSA) is 76.2 Å². The Balaban J connectivity index is 1.86. The third-order valence-corrected chi connectivity index (χ3v) is 4.39. The molecule has 1 unspecified atom stereocenters. The van der Waals surface area contributed by atoms with E-state index in [1.165, 1.54) is 25.3 Å². The number of carbonyl (C=O) groups is 1. The number of methoxy groups -OCH3 is 1. The van der Waals surface area contributed by atoms with E-state index in [0.29, 0.717) is 18.2 Å². The molecule has 1 atom stereocenters. The van der Waals surface area contributed by atoms with Crippen LogP contribution in [0.15, 0.2) is 42.5 Å². The highest BCUT2D eigenvalue weighted by Gasteiger charge is 2.22. The molecule has 6 nitrogen and oxygen atoms in total. The quantitative estimate of drug-likeness (QED) is 0.572. The zero-order valence-corrected chi connectivity index (χ0v) is 16.4. The number of H-pyrrole nitrogens is 1. The Morgan fingerprint density at radius 1 is 1.17 bits per heavy atom. The summed E-state index contributed by atoms with van der Waals surface area (Å²) in [5.41, 5.74) is 1.87. The van der Waals surface area contributed by atoms with Crippen molar-refractivity contribution >= 4 is 16.9 Å². The third-order valence-electron chi connectivity index (χ3n) is 4.39. The summed E-state index contributed by atoms with van der Waals surface area (Å²) >= 11 is 0. The van der Waals surface area contributed by atoms with Gasteiger partial charge in [0.2, 0.25) is 0 Å². The molecule has 0 saturated heterocycles. The number of ether oxygens (including phenoxy) is 2. The lowest BCUT2D eigenvalue weighted by molar-refractivity contribution is -0.0512. The summed E-state index contributed by atoms with van der Waals surface area (Å²) in [6.07, 6.45) is 0.655. The maximum atomic E-state index is 12.8. The van der Waals surface area contributed by atoms with Crippen LogP contribution in [0.1, 0.15) is 42.5 Å². The number of halogens is 2. The Hall–Kier alpha value is -3.16. The van der Waals surface area contributed by atoms with Gasteiger partial charge in [0.15, 0.2) is 11.5 Å². The van der Waals surface area contributed by atoms with Gasteiger partial charge in [-0.2, -0.15) is 8.78 Å². The number of aromatic nitrogens is 2. The number of para-hydroxylation sites is 2. The van der Waals surface area contributed by atoms with E-state index in [4.69, 9.17) is 4.74 Å². The lowest BCUT2D eigenvalue weighted by Crippen LogP contribution is -2.30. The molecule has 0 radical (unpaired) electrons. The first kappa shape index (κ1) is 20.6. The predicted molar refractivity (Wildman–Crippen MR) is 105 cm³/mol. The van der Waals surface area contributed by atoms with Gasteiger partial charge < -0.3 is 19.8 Å². The van der Waals surface area contributed by atoms with E-state index in [1.807, 2.05) is 38.1 Å². The van der Waals surface area contributed by atoms with Crippen LogP contribution >= 0.6 is 0 Å². The number of imidazole rings is 1. The minimum absolute atomic E-state index is 0.123. The van der Waals surface area contributed by atoms with E-state index in [1.54, 1.807) is 0 Å². The van der Waals surface area contributed by atoms with Crippen molar-refractivity contribution in [3.8, 4) is 11.5 Å². The SMILES string of the molecule is COc1ccc(C(=O)NC(CC(C)C)c2nc3ccccc3[nH]2)cc1OC(F)F. The van der Waals surface area contributed by atoms with Gasteiger partial charge in [-0.05, 0) is 42.7 Å². The largest absolute Gasteiger partial charge is 0.493 e. The highest BCUT2D eigenvalue weighted by Crippen LogP contribution is 2.30. The van der Waals surface area contributed by atoms with E-state index >= 15 is 0 Å². The van der Waals surface area contributed by atoms with Crippen molar-refractivity contribution in [3.63, 3.8) is 0 Å². The van der Waals surface area contributed by atoms with Gasteiger partial charge in [0.25, 0.3) is 5.91 Å². The number of benzene rings is 2. The fraction of sp³-hybridized carbons (Fsp3) is 0.333. The summed E-state index contributed by atoms with van der Waals surface area (Å²) < 4.78 is 34.8. The molecule has 3 rings (SSSR count). The summed E-state index contributed by atoms with van der Waals surface area (Å²) in [5, 5.41) is 2.94. The van der Waals surface area contributed by atoms with Gasteiger partial charge >= 0.3 is 6.61 Å². The molecule has 0 bridgehead atoms. The summed E-state index contributed by atoms with van der Waals surface area (Å²) in [6.45, 7) is 1.07. The highest BCUT2D eigenvalue weighted by molar-refractivity contribution is 5.95. The van der Waals surface area contributed by atoms with Crippen LogP contribution in [0.5, 0.6) is 11.5 Å². The first-order valence-corrected chi connectivity index (χ1v) is 9.25. The molecule has 0 aliphatic heterocycles. The highest BCUT2D eigenvalue weighted by atomic mass is 19.3. The Morgan fingerprint density at radius 2 is 1.93 bits per heavy atom. The number of fused-ring (bicyclic) bond motifs is 1. The molecule has 0 aliphatic carbocycles. The van der Waals surface area contributed by atoms with E-state index < -0.39 is 12.5 Å². The van der Waals surface area contributed by atoms with Crippen molar-refractivity contribution in [2.24, 2.45) is 5.92 Å². The van der Waals surface area contributed by atoms with Gasteiger partial charge in [-0.3, -0.25) is 4.79 Å². The second kappa shape index (κ2) is 8.89. The van der Waals surface area contributed by atoms with Gasteiger partial charge in [-0.25, -0.2) is 4.98 Å².